The molecule has 4 aliphatic carbocycles. The molecule has 0 aromatic heterocycles. The zero-order valence-electron chi connectivity index (χ0n) is 55.0. The summed E-state index contributed by atoms with van der Waals surface area (Å²) in [5, 5.41) is 17.1. The third-order valence-corrected chi connectivity index (χ3v) is 25.3. The fourth-order valence-corrected chi connectivity index (χ4v) is 20.2. The molecular weight excluding hydrogens is 1170 g/mol. The molecule has 20 fully saturated rings. The van der Waals surface area contributed by atoms with Crippen LogP contribution in [0.1, 0.15) is 199 Å². The molecule has 3 N–H and O–H groups in total. The third-order valence-electron chi connectivity index (χ3n) is 25.3. The Labute approximate surface area is 545 Å². The van der Waals surface area contributed by atoms with Crippen LogP contribution < -0.4 is 29.6 Å². The molecule has 4 saturated carbocycles. The van der Waals surface area contributed by atoms with Gasteiger partial charge >= 0.3 is 47.5 Å². The zero-order chi connectivity index (χ0) is 62.5. The average Bonchev–Trinajstić information content (AvgIpc) is 1.73. The van der Waals surface area contributed by atoms with Crippen LogP contribution in [-0.2, 0) is 101 Å². The summed E-state index contributed by atoms with van der Waals surface area (Å²) in [5.74, 6) is -0.230. The van der Waals surface area contributed by atoms with Gasteiger partial charge in [-0.15, -0.1) is 0 Å². The van der Waals surface area contributed by atoms with E-state index >= 15 is 0 Å². The van der Waals surface area contributed by atoms with E-state index in [0.717, 1.165) is 89.9 Å². The van der Waals surface area contributed by atoms with Crippen LogP contribution >= 0.6 is 0 Å². The van der Waals surface area contributed by atoms with Gasteiger partial charge in [0.15, 0.2) is 53.9 Å². The predicted octanol–water partition coefficient (Wildman–Crippen LogP) is 6.20. The van der Waals surface area contributed by atoms with E-state index in [0.29, 0.717) is 47.3 Å². The van der Waals surface area contributed by atoms with E-state index in [1.54, 1.807) is 7.11 Å². The molecule has 0 aromatic rings. The summed E-state index contributed by atoms with van der Waals surface area (Å²) in [6, 6.07) is 0. The Morgan fingerprint density at radius 3 is 1.21 bits per heavy atom. The van der Waals surface area contributed by atoms with Crippen molar-refractivity contribution >= 4 is 17.9 Å². The van der Waals surface area contributed by atoms with Crippen LogP contribution in [0.4, 0.5) is 0 Å². The minimum absolute atomic E-state index is 0. The number of hydrogen-bond donors (Lipinski definition) is 1. The molecule has 20 rings (SSSR count). The Bertz CT molecular complexity index is 2600. The third kappa shape index (κ3) is 11.0. The van der Waals surface area contributed by atoms with Gasteiger partial charge in [-0.1, -0.05) is 55.4 Å². The molecule has 0 aromatic carbocycles. The predicted molar refractivity (Wildman–Crippen MR) is 302 cm³/mol. The second kappa shape index (κ2) is 24.7. The minimum Gasteiger partial charge on any atom is -0.565 e. The van der Waals surface area contributed by atoms with Gasteiger partial charge in [-0.25, -0.2) is 39.1 Å². The van der Waals surface area contributed by atoms with Crippen LogP contribution in [0.15, 0.2) is 0 Å². The van der Waals surface area contributed by atoms with Gasteiger partial charge in [0.2, 0.25) is 35.7 Å². The van der Waals surface area contributed by atoms with Gasteiger partial charge in [0.05, 0.1) is 12.3 Å². The first-order chi connectivity index (χ1) is 41.7. The molecule has 16 saturated heterocycles. The van der Waals surface area contributed by atoms with Crippen molar-refractivity contribution in [1.82, 2.24) is 0 Å². The average molecular weight is 1270 g/mol. The Hall–Kier alpha value is -1.27. The van der Waals surface area contributed by atoms with Gasteiger partial charge in [-0.05, 0) is 146 Å². The molecule has 20 aliphatic rings. The molecule has 498 valence electrons. The number of aliphatic hydroxyl groups is 1. The van der Waals surface area contributed by atoms with E-state index in [1.165, 1.54) is 12.8 Å². The second-order valence-electron chi connectivity index (χ2n) is 30.6. The van der Waals surface area contributed by atoms with Crippen LogP contribution in [0.3, 0.4) is 0 Å². The maximum Gasteiger partial charge on any atom is 1.00 e. The van der Waals surface area contributed by atoms with Gasteiger partial charge < -0.3 is 57.6 Å². The Morgan fingerprint density at radius 2 is 0.809 bits per heavy atom. The van der Waals surface area contributed by atoms with Crippen molar-refractivity contribution < 1.29 is 141 Å². The van der Waals surface area contributed by atoms with Crippen molar-refractivity contribution in [2.45, 2.75) is 288 Å². The molecule has 31 atom stereocenters. The number of rotatable bonds is 5. The van der Waals surface area contributed by atoms with Gasteiger partial charge in [-0.3, -0.25) is 9.59 Å². The molecule has 1 unspecified atom stereocenters. The van der Waals surface area contributed by atoms with Crippen molar-refractivity contribution in [3.8, 4) is 0 Å². The first kappa shape index (κ1) is 67.7. The zero-order valence-corrected chi connectivity index (χ0v) is 57.0. The number of carbonyl (C=O) groups excluding carboxylic acids is 3. The summed E-state index contributed by atoms with van der Waals surface area (Å²) in [7, 11) is 1.70. The van der Waals surface area contributed by atoms with Crippen molar-refractivity contribution in [3.05, 3.63) is 0 Å². The first-order valence-electron chi connectivity index (χ1n) is 33.7. The SMILES string of the molecule is CO[C@@H]1O[C@@H]2O[C@]3(C)CC[C@H]4[C@H](C)CC[C@@H]([C@H]1C)[C@@]24OO3.C[C@@H]1CC[C@H]2[C@@H](C)C(=O)O[C@@H]3O[C@]4(C)CC[C@@H]1[C@]32OO4.C[C@@H]1CC[C@H]2[C@@H](C)C(O)O[C@@H]3O[C@]4(C)CC[C@@H]1[C@]32OO4.C[C@H]1[C@H](OC(=O)CCC(=O)[OH2+])O[C@@H]2O[C@]3(C)CC[C@H]4[C@H](C)CC[C@@H]1[C@@]24OO3.[Na+]. The van der Waals surface area contributed by atoms with E-state index in [9.17, 15) is 19.5 Å². The van der Waals surface area contributed by atoms with Crippen LogP contribution in [0.25, 0.3) is 0 Å². The van der Waals surface area contributed by atoms with Crippen LogP contribution in [0.2, 0.25) is 0 Å². The molecule has 16 heterocycles. The van der Waals surface area contributed by atoms with Gasteiger partial charge in [-0.2, -0.15) is 0 Å². The number of esters is 2. The summed E-state index contributed by atoms with van der Waals surface area (Å²) in [4.78, 5) is 81.8. The monoisotopic (exact) mass is 1270 g/mol. The molecule has 8 bridgehead atoms. The quantitative estimate of drug-likeness (QED) is 0.139. The number of hydrogen-bond acceptors (Lipinski definition) is 22. The molecule has 0 amide bonds. The summed E-state index contributed by atoms with van der Waals surface area (Å²) in [5.41, 5.74) is -2.32. The van der Waals surface area contributed by atoms with E-state index in [4.69, 9.17) is 91.6 Å². The summed E-state index contributed by atoms with van der Waals surface area (Å²) < 4.78 is 59.2. The molecule has 24 heteroatoms. The Balaban J connectivity index is 0.000000116. The van der Waals surface area contributed by atoms with E-state index in [-0.39, 0.29) is 102 Å². The van der Waals surface area contributed by atoms with Crippen molar-refractivity contribution in [1.29, 1.82) is 0 Å². The molecule has 4 spiro atoms. The fraction of sp³-hybridized carbons (Fsp3) is 0.954. The Morgan fingerprint density at radius 1 is 0.461 bits per heavy atom. The summed E-state index contributed by atoms with van der Waals surface area (Å²) in [6.07, 6.45) is 11.6. The number of methoxy groups -OCH3 is 1. The Kier molecular flexibility index (Phi) is 18.8. The minimum atomic E-state index is -0.871. The number of carbonyl (C=O) groups is 3. The van der Waals surface area contributed by atoms with E-state index in [1.807, 2.05) is 48.5 Å². The van der Waals surface area contributed by atoms with E-state index < -0.39 is 95.2 Å². The smallest absolute Gasteiger partial charge is 0.565 e. The number of fused-ring (bicyclic) bond motifs is 8. The fourth-order valence-electron chi connectivity index (χ4n) is 20.2. The first-order valence-corrected chi connectivity index (χ1v) is 33.7. The molecular formula is C65H101NaO23+2. The van der Waals surface area contributed by atoms with Crippen molar-refractivity contribution in [3.63, 3.8) is 0 Å². The van der Waals surface area contributed by atoms with Crippen LogP contribution in [0.5, 0.6) is 0 Å². The summed E-state index contributed by atoms with van der Waals surface area (Å²) in [6.45, 7) is 24.8. The van der Waals surface area contributed by atoms with Crippen molar-refractivity contribution in [2.75, 3.05) is 7.11 Å². The molecule has 16 aliphatic heterocycles. The van der Waals surface area contributed by atoms with Gasteiger partial charge in [0, 0.05) is 84.9 Å². The molecule has 0 radical (unpaired) electrons. The van der Waals surface area contributed by atoms with Gasteiger partial charge in [0.1, 0.15) is 6.42 Å². The van der Waals surface area contributed by atoms with Crippen LogP contribution in [0, 0.1) is 94.7 Å². The van der Waals surface area contributed by atoms with E-state index in [2.05, 4.69) is 34.6 Å². The molecule has 23 nitrogen and oxygen atoms in total. The maximum absolute atomic E-state index is 12.1. The van der Waals surface area contributed by atoms with Gasteiger partial charge in [0.25, 0.3) is 0 Å². The normalized spacial score (nSPS) is 55.6. The van der Waals surface area contributed by atoms with Crippen LogP contribution in [-0.4, -0.2) is 125 Å². The number of ether oxygens (including phenoxy) is 10. The molecule has 89 heavy (non-hydrogen) atoms. The topological polar surface area (TPSA) is 260 Å². The summed E-state index contributed by atoms with van der Waals surface area (Å²) >= 11 is 0. The maximum atomic E-state index is 12.1. The largest absolute Gasteiger partial charge is 1.00 e. The van der Waals surface area contributed by atoms with Crippen molar-refractivity contribution in [2.24, 2.45) is 94.7 Å². The number of aliphatic hydroxyl groups excluding tert-OH is 1. The second-order valence-corrected chi connectivity index (χ2v) is 30.6. The standard InChI is InChI=1S/C19H28O8.C16H26O5.C15H24O5.C15H22O5.Na/c1-10-4-5-13-11(2)16(23-15(22)7-6-14(20)21)24-17-19(13)12(10)8-9-18(3,25-17)26-27-19;1-9-5-6-12-10(2)13(17-4)18-14-16(12)11(9)7-8-15(3,19-14)20-21-16;2*1-8-4-5-11-9(2)12(16)17-13-15(11)10(8)6-7-14(3,18-13)19-20-15;/h10-13,16-17H,4-9H2,1-3H3,(H,20,21);9-14H,5-8H2,1-4H3;8-13,16H,4-7H2,1-3H3;8-11,13H,4-7H2,1-3H3;/q;;;;+1/p+1/t10-,11-,12+,13+,16-,17-,18+,19-;9-,10-,11+,12+,13-,14-,15+,16-;8-,9-,10+,11+,12?,13-,14+,15-;8-,9-,10+,11+,13-,14+,15-;/m1111./s1.